The summed E-state index contributed by atoms with van der Waals surface area (Å²) in [6.45, 7) is 7.05. The number of halogens is 1. The van der Waals surface area contributed by atoms with Crippen LogP contribution in [-0.4, -0.2) is 20.5 Å². The summed E-state index contributed by atoms with van der Waals surface area (Å²) in [6, 6.07) is 0. The van der Waals surface area contributed by atoms with Gasteiger partial charge in [0.15, 0.2) is 8.83 Å². The summed E-state index contributed by atoms with van der Waals surface area (Å²) in [7, 11) is -0.759. The Hall–Kier alpha value is -0.283. The molecule has 0 heterocycles. The maximum atomic E-state index is 10.9. The fraction of sp³-hybridized carbons (Fsp3) is 0.571. The number of carbonyl (C=O) groups excluding carboxylic acids is 1. The zero-order chi connectivity index (χ0) is 8.85. The first-order chi connectivity index (χ1) is 5.11. The van der Waals surface area contributed by atoms with Crippen molar-refractivity contribution in [1.82, 2.24) is 0 Å². The number of ether oxygens (including phenoxy) is 1. The Morgan fingerprint density at radius 1 is 1.82 bits per heavy atom. The van der Waals surface area contributed by atoms with Gasteiger partial charge in [-0.25, -0.2) is 4.79 Å². The van der Waals surface area contributed by atoms with Crippen LogP contribution in [0, 0.1) is 0 Å². The van der Waals surface area contributed by atoms with Gasteiger partial charge in [0.05, 0.1) is 0 Å². The smallest absolute Gasteiger partial charge is 0.333 e. The van der Waals surface area contributed by atoms with Crippen molar-refractivity contribution < 1.29 is 9.53 Å². The Morgan fingerprint density at radius 2 is 2.36 bits per heavy atom. The number of rotatable bonds is 4. The summed E-state index contributed by atoms with van der Waals surface area (Å²) in [5.41, 5.74) is 0.392. The van der Waals surface area contributed by atoms with Gasteiger partial charge in [-0.15, -0.1) is 0 Å². The van der Waals surface area contributed by atoms with Crippen LogP contribution in [0.25, 0.3) is 0 Å². The van der Waals surface area contributed by atoms with Gasteiger partial charge in [-0.1, -0.05) is 13.5 Å². The average Bonchev–Trinajstić information content (AvgIpc) is 1.99. The molecule has 0 aliphatic rings. The van der Waals surface area contributed by atoms with E-state index >= 15 is 0 Å². The van der Waals surface area contributed by atoms with Crippen molar-refractivity contribution in [2.45, 2.75) is 26.0 Å². The summed E-state index contributed by atoms with van der Waals surface area (Å²) in [6.07, 6.45) is 0.800. The molecule has 0 rings (SSSR count). The van der Waals surface area contributed by atoms with E-state index in [0.717, 1.165) is 6.42 Å². The number of carbonyl (C=O) groups is 1. The van der Waals surface area contributed by atoms with Gasteiger partial charge in [-0.3, -0.25) is 0 Å². The molecule has 0 fully saturated rings. The number of hydrogen-bond donors (Lipinski definition) is 0. The summed E-state index contributed by atoms with van der Waals surface area (Å²) >= 11 is 5.65. The van der Waals surface area contributed by atoms with Crippen LogP contribution in [0.2, 0.25) is 0 Å². The second-order valence-electron chi connectivity index (χ2n) is 2.37. The van der Waals surface area contributed by atoms with Crippen molar-refractivity contribution in [3.05, 3.63) is 12.2 Å². The van der Waals surface area contributed by atoms with E-state index in [1.807, 2.05) is 6.92 Å². The van der Waals surface area contributed by atoms with Crippen molar-refractivity contribution in [1.29, 1.82) is 0 Å². The third-order valence-electron chi connectivity index (χ3n) is 1.25. The van der Waals surface area contributed by atoms with E-state index in [9.17, 15) is 4.79 Å². The first-order valence-electron chi connectivity index (χ1n) is 3.54. The second-order valence-corrected chi connectivity index (χ2v) is 4.52. The molecule has 0 N–H and O–H groups in total. The molecule has 4 heteroatoms. The SMILES string of the molecule is C=C(C)C(=O)OC(CC)[SiH2]Cl. The monoisotopic (exact) mass is 192 g/mol. The summed E-state index contributed by atoms with van der Waals surface area (Å²) < 4.78 is 5.00. The largest absolute Gasteiger partial charge is 0.462 e. The third-order valence-corrected chi connectivity index (χ3v) is 3.37. The Balaban J connectivity index is 3.81. The van der Waals surface area contributed by atoms with E-state index < -0.39 is 8.83 Å². The van der Waals surface area contributed by atoms with Crippen molar-refractivity contribution in [2.24, 2.45) is 0 Å². The zero-order valence-corrected chi connectivity index (χ0v) is 9.06. The lowest BCUT2D eigenvalue weighted by atomic mass is 10.4. The van der Waals surface area contributed by atoms with Crippen LogP contribution < -0.4 is 0 Å². The molecule has 0 aliphatic carbocycles. The lowest BCUT2D eigenvalue weighted by Gasteiger charge is -2.11. The van der Waals surface area contributed by atoms with Crippen LogP contribution in [0.5, 0.6) is 0 Å². The van der Waals surface area contributed by atoms with Gasteiger partial charge in [-0.2, -0.15) is 11.1 Å². The molecule has 1 unspecified atom stereocenters. The predicted octanol–water partition coefficient (Wildman–Crippen LogP) is 1.16. The predicted molar refractivity (Wildman–Crippen MR) is 49.4 cm³/mol. The highest BCUT2D eigenvalue weighted by Gasteiger charge is 2.11. The van der Waals surface area contributed by atoms with Gasteiger partial charge in [0.1, 0.15) is 5.73 Å². The lowest BCUT2D eigenvalue weighted by Crippen LogP contribution is -2.21. The van der Waals surface area contributed by atoms with Crippen molar-refractivity contribution >= 4 is 25.9 Å². The maximum Gasteiger partial charge on any atom is 0.333 e. The molecule has 0 saturated heterocycles. The Labute approximate surface area is 74.1 Å². The fourth-order valence-electron chi connectivity index (χ4n) is 0.476. The van der Waals surface area contributed by atoms with E-state index in [1.54, 1.807) is 6.92 Å². The molecule has 0 radical (unpaired) electrons. The minimum absolute atomic E-state index is 0.0409. The molecular weight excluding hydrogens is 180 g/mol. The third kappa shape index (κ3) is 4.21. The first kappa shape index (κ1) is 10.7. The summed E-state index contributed by atoms with van der Waals surface area (Å²) in [5.74, 6) is -0.329. The van der Waals surface area contributed by atoms with E-state index in [-0.39, 0.29) is 11.7 Å². The lowest BCUT2D eigenvalue weighted by molar-refractivity contribution is -0.140. The molecule has 0 aromatic rings. The van der Waals surface area contributed by atoms with E-state index in [0.29, 0.717) is 5.57 Å². The maximum absolute atomic E-state index is 10.9. The van der Waals surface area contributed by atoms with Crippen molar-refractivity contribution in [3.63, 3.8) is 0 Å². The van der Waals surface area contributed by atoms with Gasteiger partial charge < -0.3 is 4.74 Å². The molecular formula is C7H13ClO2Si. The molecule has 2 nitrogen and oxygen atoms in total. The molecule has 64 valence electrons. The van der Waals surface area contributed by atoms with Gasteiger partial charge in [0, 0.05) is 5.57 Å². The highest BCUT2D eigenvalue weighted by atomic mass is 35.6. The van der Waals surface area contributed by atoms with E-state index in [4.69, 9.17) is 15.8 Å². The second kappa shape index (κ2) is 5.38. The quantitative estimate of drug-likeness (QED) is 0.289. The minimum atomic E-state index is -0.759. The van der Waals surface area contributed by atoms with Gasteiger partial charge in [-0.05, 0) is 13.3 Å². The van der Waals surface area contributed by atoms with Gasteiger partial charge in [0.25, 0.3) is 0 Å². The topological polar surface area (TPSA) is 26.3 Å². The van der Waals surface area contributed by atoms with E-state index in [2.05, 4.69) is 6.58 Å². The minimum Gasteiger partial charge on any atom is -0.462 e. The summed E-state index contributed by atoms with van der Waals surface area (Å²) in [4.78, 5) is 10.9. The van der Waals surface area contributed by atoms with Gasteiger partial charge in [0.2, 0.25) is 0 Å². The van der Waals surface area contributed by atoms with Crippen LogP contribution in [-0.2, 0) is 9.53 Å². The molecule has 0 spiro atoms. The Morgan fingerprint density at radius 3 is 2.64 bits per heavy atom. The molecule has 0 aliphatic heterocycles. The molecule has 0 saturated carbocycles. The summed E-state index contributed by atoms with van der Waals surface area (Å²) in [5, 5.41) is 0. The number of hydrogen-bond acceptors (Lipinski definition) is 2. The van der Waals surface area contributed by atoms with Crippen molar-refractivity contribution in [2.75, 3.05) is 0 Å². The molecule has 0 aromatic carbocycles. The Bertz CT molecular complexity index is 155. The molecule has 0 bridgehead atoms. The van der Waals surface area contributed by atoms with Gasteiger partial charge >= 0.3 is 5.97 Å². The molecule has 1 atom stereocenters. The highest BCUT2D eigenvalue weighted by molar-refractivity contribution is 6.94. The highest BCUT2D eigenvalue weighted by Crippen LogP contribution is 2.02. The molecule has 0 aromatic heterocycles. The van der Waals surface area contributed by atoms with Crippen LogP contribution in [0.1, 0.15) is 20.3 Å². The molecule has 0 amide bonds. The van der Waals surface area contributed by atoms with Crippen LogP contribution >= 0.6 is 11.1 Å². The normalized spacial score (nSPS) is 13.4. The van der Waals surface area contributed by atoms with Crippen LogP contribution in [0.4, 0.5) is 0 Å². The standard InChI is InChI=1S/C7H13ClO2Si/c1-4-6(11-8)10-7(9)5(2)3/h6H,2,4,11H2,1,3H3. The first-order valence-corrected chi connectivity index (χ1v) is 6.49. The van der Waals surface area contributed by atoms with Crippen molar-refractivity contribution in [3.8, 4) is 0 Å². The molecule has 11 heavy (non-hydrogen) atoms. The fourth-order valence-corrected chi connectivity index (χ4v) is 1.75. The zero-order valence-electron chi connectivity index (χ0n) is 6.89. The average molecular weight is 193 g/mol. The Kier molecular flexibility index (Phi) is 5.24. The van der Waals surface area contributed by atoms with Crippen LogP contribution in [0.3, 0.4) is 0 Å². The van der Waals surface area contributed by atoms with E-state index in [1.165, 1.54) is 0 Å². The number of esters is 1. The van der Waals surface area contributed by atoms with Crippen LogP contribution in [0.15, 0.2) is 12.2 Å².